The zero-order valence-corrected chi connectivity index (χ0v) is 17.6. The molecule has 0 atom stereocenters. The minimum absolute atomic E-state index is 0.113. The number of fused-ring (bicyclic) bond motifs is 3. The molecule has 0 spiro atoms. The van der Waals surface area contributed by atoms with Gasteiger partial charge in [-0.3, -0.25) is 4.79 Å². The predicted octanol–water partition coefficient (Wildman–Crippen LogP) is 4.10. The van der Waals surface area contributed by atoms with Crippen molar-refractivity contribution in [2.24, 2.45) is 5.10 Å². The molecule has 1 aliphatic rings. The minimum Gasteiger partial charge on any atom is -0.502 e. The highest BCUT2D eigenvalue weighted by Gasteiger charge is 2.24. The highest BCUT2D eigenvalue weighted by Crippen LogP contribution is 2.38. The second kappa shape index (κ2) is 7.71. The molecule has 0 unspecified atom stereocenters. The van der Waals surface area contributed by atoms with Gasteiger partial charge < -0.3 is 23.7 Å². The van der Waals surface area contributed by atoms with Gasteiger partial charge in [0.15, 0.2) is 17.3 Å². The first-order chi connectivity index (χ1) is 14.8. The molecule has 1 aromatic heterocycles. The Morgan fingerprint density at radius 1 is 1.16 bits per heavy atom. The fourth-order valence-electron chi connectivity index (χ4n) is 3.28. The van der Waals surface area contributed by atoms with Crippen LogP contribution in [0, 0.1) is 0 Å². The Bertz CT molecular complexity index is 1200. The quantitative estimate of drug-likeness (QED) is 0.474. The van der Waals surface area contributed by atoms with E-state index in [4.69, 9.17) is 18.6 Å². The number of hydrogen-bond donors (Lipinski definition) is 2. The van der Waals surface area contributed by atoms with Crippen molar-refractivity contribution in [3.05, 3.63) is 53.3 Å². The Labute approximate surface area is 178 Å². The Hall–Kier alpha value is -3.94. The molecule has 3 aromatic rings. The van der Waals surface area contributed by atoms with E-state index in [1.54, 1.807) is 18.2 Å². The molecule has 1 amide bonds. The van der Waals surface area contributed by atoms with Gasteiger partial charge in [0.25, 0.3) is 0 Å². The number of furan rings is 1. The maximum absolute atomic E-state index is 12.5. The lowest BCUT2D eigenvalue weighted by Gasteiger charge is -2.27. The minimum atomic E-state index is -0.500. The number of phenolic OH excluding ortho intramolecular Hbond substituents is 1. The van der Waals surface area contributed by atoms with Crippen molar-refractivity contribution < 1.29 is 28.5 Å². The summed E-state index contributed by atoms with van der Waals surface area (Å²) in [6, 6.07) is 8.50. The van der Waals surface area contributed by atoms with Crippen LogP contribution in [0.2, 0.25) is 0 Å². The second-order valence-corrected chi connectivity index (χ2v) is 7.52. The molecular weight excluding hydrogens is 400 g/mol. The maximum Gasteiger partial charge on any atom is 0.307 e. The van der Waals surface area contributed by atoms with Crippen molar-refractivity contribution in [3.63, 3.8) is 0 Å². The lowest BCUT2D eigenvalue weighted by atomic mass is 10.0. The number of hydrogen-bond acceptors (Lipinski definition) is 7. The summed E-state index contributed by atoms with van der Waals surface area (Å²) in [5.41, 5.74) is 3.97. The van der Waals surface area contributed by atoms with Gasteiger partial charge in [-0.2, -0.15) is 5.10 Å². The molecule has 0 saturated heterocycles. The van der Waals surface area contributed by atoms with Crippen LogP contribution in [0.3, 0.4) is 0 Å². The van der Waals surface area contributed by atoms with E-state index in [0.717, 1.165) is 10.9 Å². The van der Waals surface area contributed by atoms with Gasteiger partial charge in [-0.15, -0.1) is 0 Å². The number of aromatic hydroxyl groups is 1. The summed E-state index contributed by atoms with van der Waals surface area (Å²) in [6.45, 7) is 3.93. The fourth-order valence-corrected chi connectivity index (χ4v) is 3.28. The van der Waals surface area contributed by atoms with Gasteiger partial charge in [0, 0.05) is 10.9 Å². The molecule has 8 heteroatoms. The lowest BCUT2D eigenvalue weighted by Crippen LogP contribution is -2.27. The SMILES string of the molecule is COc1cc(/C=N/NC(=O)c2cc3ccc4c(c3o2)C=CC(C)(C)O4)cc(OC)c1O. The van der Waals surface area contributed by atoms with Gasteiger partial charge >= 0.3 is 5.91 Å². The summed E-state index contributed by atoms with van der Waals surface area (Å²) >= 11 is 0. The molecule has 0 fully saturated rings. The van der Waals surface area contributed by atoms with Crippen LogP contribution in [0.1, 0.15) is 35.5 Å². The fraction of sp³-hybridized carbons (Fsp3) is 0.217. The summed E-state index contributed by atoms with van der Waals surface area (Å²) in [7, 11) is 2.86. The van der Waals surface area contributed by atoms with Crippen LogP contribution in [0.5, 0.6) is 23.0 Å². The third kappa shape index (κ3) is 3.92. The zero-order valence-electron chi connectivity index (χ0n) is 17.6. The highest BCUT2D eigenvalue weighted by molar-refractivity contribution is 5.99. The summed E-state index contributed by atoms with van der Waals surface area (Å²) < 4.78 is 22.0. The summed E-state index contributed by atoms with van der Waals surface area (Å²) in [5, 5.41) is 14.7. The van der Waals surface area contributed by atoms with E-state index in [9.17, 15) is 9.90 Å². The van der Waals surface area contributed by atoms with Crippen molar-refractivity contribution in [3.8, 4) is 23.0 Å². The van der Waals surface area contributed by atoms with Gasteiger partial charge in [0.05, 0.1) is 26.0 Å². The van der Waals surface area contributed by atoms with E-state index < -0.39 is 11.5 Å². The van der Waals surface area contributed by atoms with Gasteiger partial charge in [-0.25, -0.2) is 5.43 Å². The molecular formula is C23H22N2O6. The molecule has 31 heavy (non-hydrogen) atoms. The average Bonchev–Trinajstić information content (AvgIpc) is 3.18. The van der Waals surface area contributed by atoms with E-state index in [0.29, 0.717) is 16.9 Å². The summed E-state index contributed by atoms with van der Waals surface area (Å²) in [5.74, 6) is 0.674. The first-order valence-electron chi connectivity index (χ1n) is 9.54. The molecule has 2 heterocycles. The molecule has 2 aromatic carbocycles. The van der Waals surface area contributed by atoms with Crippen molar-refractivity contribution in [1.29, 1.82) is 0 Å². The van der Waals surface area contributed by atoms with Crippen molar-refractivity contribution in [2.45, 2.75) is 19.4 Å². The monoisotopic (exact) mass is 422 g/mol. The number of rotatable bonds is 5. The van der Waals surface area contributed by atoms with E-state index in [1.807, 2.05) is 38.1 Å². The number of nitrogens with zero attached hydrogens (tertiary/aromatic N) is 1. The van der Waals surface area contributed by atoms with Crippen LogP contribution in [0.15, 0.2) is 45.9 Å². The van der Waals surface area contributed by atoms with Gasteiger partial charge in [-0.05, 0) is 56.3 Å². The number of carbonyl (C=O) groups is 1. The number of nitrogens with one attached hydrogen (secondary N) is 1. The number of carbonyl (C=O) groups excluding carboxylic acids is 1. The zero-order chi connectivity index (χ0) is 22.2. The number of hydrazone groups is 1. The van der Waals surface area contributed by atoms with E-state index in [1.165, 1.54) is 20.4 Å². The predicted molar refractivity (Wildman–Crippen MR) is 116 cm³/mol. The number of methoxy groups -OCH3 is 2. The summed E-state index contributed by atoms with van der Waals surface area (Å²) in [4.78, 5) is 12.5. The van der Waals surface area contributed by atoms with Crippen molar-refractivity contribution in [1.82, 2.24) is 5.43 Å². The van der Waals surface area contributed by atoms with Crippen LogP contribution in [-0.2, 0) is 0 Å². The first-order valence-corrected chi connectivity index (χ1v) is 9.54. The first kappa shape index (κ1) is 20.3. The normalized spacial score (nSPS) is 14.3. The third-order valence-corrected chi connectivity index (χ3v) is 4.82. The van der Waals surface area contributed by atoms with Crippen LogP contribution in [0.25, 0.3) is 17.0 Å². The number of amides is 1. The van der Waals surface area contributed by atoms with Crippen LogP contribution < -0.4 is 19.6 Å². The Balaban J connectivity index is 1.55. The van der Waals surface area contributed by atoms with Crippen LogP contribution in [-0.4, -0.2) is 37.0 Å². The topological polar surface area (TPSA) is 103 Å². The maximum atomic E-state index is 12.5. The van der Waals surface area contributed by atoms with Gasteiger partial charge in [0.2, 0.25) is 5.75 Å². The molecule has 0 bridgehead atoms. The Kier molecular flexibility index (Phi) is 5.06. The summed E-state index contributed by atoms with van der Waals surface area (Å²) in [6.07, 6.45) is 5.29. The lowest BCUT2D eigenvalue weighted by molar-refractivity contribution is 0.0929. The Morgan fingerprint density at radius 3 is 2.55 bits per heavy atom. The van der Waals surface area contributed by atoms with Gasteiger partial charge in [-0.1, -0.05) is 0 Å². The van der Waals surface area contributed by atoms with Crippen LogP contribution >= 0.6 is 0 Å². The number of ether oxygens (including phenoxy) is 3. The third-order valence-electron chi connectivity index (χ3n) is 4.82. The standard InChI is InChI=1S/C23H22N2O6/c1-23(2)8-7-15-16(31-23)6-5-14-11-19(30-21(14)15)22(27)25-24-12-13-9-17(28-3)20(26)18(10-13)29-4/h5-12,26H,1-4H3,(H,25,27)/b24-12+. The van der Waals surface area contributed by atoms with E-state index in [2.05, 4.69) is 10.5 Å². The molecule has 1 aliphatic heterocycles. The number of phenols is 1. The number of benzene rings is 2. The van der Waals surface area contributed by atoms with E-state index >= 15 is 0 Å². The van der Waals surface area contributed by atoms with Gasteiger partial charge in [0.1, 0.15) is 16.9 Å². The molecule has 160 valence electrons. The average molecular weight is 422 g/mol. The van der Waals surface area contributed by atoms with Crippen molar-refractivity contribution >= 4 is 29.2 Å². The highest BCUT2D eigenvalue weighted by atomic mass is 16.5. The smallest absolute Gasteiger partial charge is 0.307 e. The molecule has 4 rings (SSSR count). The molecule has 8 nitrogen and oxygen atoms in total. The molecule has 0 radical (unpaired) electrons. The van der Waals surface area contributed by atoms with E-state index in [-0.39, 0.29) is 23.0 Å². The molecule has 0 aliphatic carbocycles. The largest absolute Gasteiger partial charge is 0.502 e. The molecule has 2 N–H and O–H groups in total. The van der Waals surface area contributed by atoms with Crippen molar-refractivity contribution in [2.75, 3.05) is 14.2 Å². The van der Waals surface area contributed by atoms with Crippen LogP contribution in [0.4, 0.5) is 0 Å². The molecule has 0 saturated carbocycles. The Morgan fingerprint density at radius 2 is 1.87 bits per heavy atom. The second-order valence-electron chi connectivity index (χ2n) is 7.52.